The third-order valence-corrected chi connectivity index (χ3v) is 5.47. The summed E-state index contributed by atoms with van der Waals surface area (Å²) in [5.41, 5.74) is 0.656. The lowest BCUT2D eigenvalue weighted by Crippen LogP contribution is -2.28. The lowest BCUT2D eigenvalue weighted by atomic mass is 9.85. The molecule has 2 aliphatic carbocycles. The number of ether oxygens (including phenoxy) is 2. The fraction of sp³-hybridized carbons (Fsp3) is 0.400. The van der Waals surface area contributed by atoms with Crippen molar-refractivity contribution in [3.63, 3.8) is 0 Å². The van der Waals surface area contributed by atoms with Gasteiger partial charge in [-0.25, -0.2) is 4.79 Å². The molecule has 2 fully saturated rings. The molecule has 1 aliphatic heterocycles. The highest BCUT2D eigenvalue weighted by molar-refractivity contribution is 6.06. The van der Waals surface area contributed by atoms with E-state index in [-0.39, 0.29) is 35.5 Å². The molecule has 0 aromatic heterocycles. The van der Waals surface area contributed by atoms with E-state index in [2.05, 4.69) is 9.84 Å². The second-order valence-electron chi connectivity index (χ2n) is 7.09. The smallest absolute Gasteiger partial charge is 0.346 e. The predicted octanol–water partition coefficient (Wildman–Crippen LogP) is 1.77. The van der Waals surface area contributed by atoms with Crippen LogP contribution >= 0.6 is 0 Å². The second kappa shape index (κ2) is 6.64. The highest BCUT2D eigenvalue weighted by Crippen LogP contribution is 2.52. The lowest BCUT2D eigenvalue weighted by Gasteiger charge is -2.13. The Balaban J connectivity index is 1.48. The first-order valence-corrected chi connectivity index (χ1v) is 8.94. The number of hydrogen-bond acceptors (Lipinski definition) is 6. The fourth-order valence-electron chi connectivity index (χ4n) is 4.21. The third kappa shape index (κ3) is 2.93. The van der Waals surface area contributed by atoms with Crippen molar-refractivity contribution in [2.75, 3.05) is 7.11 Å². The highest BCUT2D eigenvalue weighted by Gasteiger charge is 2.59. The second-order valence-corrected chi connectivity index (χ2v) is 7.09. The van der Waals surface area contributed by atoms with Crippen LogP contribution in [0, 0.1) is 23.7 Å². The van der Waals surface area contributed by atoms with Crippen LogP contribution in [0.2, 0.25) is 0 Å². The SMILES string of the molecule is COC(=O)C(C)Oc1cccc(C=NN2C(=O)C3C4C=CC(C4)C3C2=O)c1. The average Bonchev–Trinajstić information content (AvgIpc) is 3.34. The summed E-state index contributed by atoms with van der Waals surface area (Å²) in [5, 5.41) is 5.15. The fourth-order valence-corrected chi connectivity index (χ4v) is 4.21. The Kier molecular flexibility index (Phi) is 4.30. The maximum Gasteiger partial charge on any atom is 0.346 e. The summed E-state index contributed by atoms with van der Waals surface area (Å²) in [6, 6.07) is 6.90. The number of esters is 1. The van der Waals surface area contributed by atoms with E-state index in [0.29, 0.717) is 11.3 Å². The third-order valence-electron chi connectivity index (χ3n) is 5.47. The van der Waals surface area contributed by atoms with Crippen molar-refractivity contribution in [2.45, 2.75) is 19.4 Å². The van der Waals surface area contributed by atoms with Crippen LogP contribution in [0.4, 0.5) is 0 Å². The van der Waals surface area contributed by atoms with Crippen LogP contribution in [0.3, 0.4) is 0 Å². The zero-order chi connectivity index (χ0) is 19.1. The van der Waals surface area contributed by atoms with Crippen molar-refractivity contribution in [3.05, 3.63) is 42.0 Å². The van der Waals surface area contributed by atoms with Gasteiger partial charge >= 0.3 is 5.97 Å². The minimum atomic E-state index is -0.744. The zero-order valence-electron chi connectivity index (χ0n) is 15.1. The van der Waals surface area contributed by atoms with Gasteiger partial charge in [-0.3, -0.25) is 9.59 Å². The molecular weight excluding hydrogens is 348 g/mol. The van der Waals surface area contributed by atoms with Gasteiger partial charge in [0.2, 0.25) is 0 Å². The molecule has 140 valence electrons. The molecule has 1 heterocycles. The number of fused-ring (bicyclic) bond motifs is 5. The Hall–Kier alpha value is -2.96. The summed E-state index contributed by atoms with van der Waals surface area (Å²) in [4.78, 5) is 36.7. The van der Waals surface area contributed by atoms with Gasteiger partial charge in [0.05, 0.1) is 25.2 Å². The van der Waals surface area contributed by atoms with E-state index in [4.69, 9.17) is 4.74 Å². The standard InChI is InChI=1S/C20H20N2O5/c1-11(20(25)26-2)27-15-5-3-4-12(8-15)10-21-22-18(23)16-13-6-7-14(9-13)17(16)19(22)24/h3-8,10-11,13-14,16-17H,9H2,1-2H3. The quantitative estimate of drug-likeness (QED) is 0.342. The van der Waals surface area contributed by atoms with Gasteiger partial charge < -0.3 is 9.47 Å². The Morgan fingerprint density at radius 2 is 1.89 bits per heavy atom. The molecule has 0 radical (unpaired) electrons. The molecule has 1 saturated heterocycles. The number of allylic oxidation sites excluding steroid dienone is 2. The van der Waals surface area contributed by atoms with Gasteiger partial charge in [-0.05, 0) is 42.9 Å². The molecule has 0 N–H and O–H groups in total. The van der Waals surface area contributed by atoms with Crippen LogP contribution in [0.5, 0.6) is 5.75 Å². The summed E-state index contributed by atoms with van der Waals surface area (Å²) in [7, 11) is 1.30. The first-order chi connectivity index (χ1) is 13.0. The number of methoxy groups -OCH3 is 1. The lowest BCUT2D eigenvalue weighted by molar-refractivity contribution is -0.148. The molecule has 7 nitrogen and oxygen atoms in total. The number of amides is 2. The maximum absolute atomic E-state index is 12.6. The first-order valence-electron chi connectivity index (χ1n) is 8.94. The number of hydrazone groups is 1. The van der Waals surface area contributed by atoms with E-state index in [9.17, 15) is 14.4 Å². The number of carbonyl (C=O) groups excluding carboxylic acids is 3. The van der Waals surface area contributed by atoms with Gasteiger partial charge in [0.15, 0.2) is 6.10 Å². The van der Waals surface area contributed by atoms with E-state index in [1.54, 1.807) is 31.2 Å². The molecule has 5 unspecified atom stereocenters. The average molecular weight is 368 g/mol. The molecule has 1 saturated carbocycles. The summed E-state index contributed by atoms with van der Waals surface area (Å²) in [5.74, 6) is -0.649. The first kappa shape index (κ1) is 17.5. The molecule has 3 aliphatic rings. The summed E-state index contributed by atoms with van der Waals surface area (Å²) >= 11 is 0. The monoisotopic (exact) mass is 368 g/mol. The highest BCUT2D eigenvalue weighted by atomic mass is 16.6. The van der Waals surface area contributed by atoms with Crippen LogP contribution in [0.1, 0.15) is 18.9 Å². The van der Waals surface area contributed by atoms with Crippen LogP contribution in [0.25, 0.3) is 0 Å². The van der Waals surface area contributed by atoms with Crippen LogP contribution in [0.15, 0.2) is 41.5 Å². The number of benzene rings is 1. The van der Waals surface area contributed by atoms with Gasteiger partial charge in [0.25, 0.3) is 11.8 Å². The number of imide groups is 1. The van der Waals surface area contributed by atoms with Crippen molar-refractivity contribution in [1.82, 2.24) is 5.01 Å². The largest absolute Gasteiger partial charge is 0.479 e. The number of nitrogens with zero attached hydrogens (tertiary/aromatic N) is 2. The van der Waals surface area contributed by atoms with Gasteiger partial charge in [0.1, 0.15) is 5.75 Å². The van der Waals surface area contributed by atoms with Crippen LogP contribution in [-0.4, -0.2) is 42.2 Å². The molecule has 27 heavy (non-hydrogen) atoms. The maximum atomic E-state index is 12.6. The Bertz CT molecular complexity index is 832. The van der Waals surface area contributed by atoms with E-state index in [1.807, 2.05) is 12.2 Å². The van der Waals surface area contributed by atoms with Crippen LogP contribution < -0.4 is 4.74 Å². The van der Waals surface area contributed by atoms with Gasteiger partial charge in [-0.1, -0.05) is 24.3 Å². The molecule has 0 spiro atoms. The summed E-state index contributed by atoms with van der Waals surface area (Å²) in [6.07, 6.45) is 5.71. The van der Waals surface area contributed by atoms with E-state index in [0.717, 1.165) is 11.4 Å². The van der Waals surface area contributed by atoms with Gasteiger partial charge in [0, 0.05) is 0 Å². The Morgan fingerprint density at radius 1 is 1.22 bits per heavy atom. The van der Waals surface area contributed by atoms with Crippen molar-refractivity contribution < 1.29 is 23.9 Å². The summed E-state index contributed by atoms with van der Waals surface area (Å²) in [6.45, 7) is 1.59. The Labute approximate surface area is 156 Å². The molecular formula is C20H20N2O5. The molecule has 2 bridgehead atoms. The molecule has 2 amide bonds. The normalized spacial score (nSPS) is 29.5. The van der Waals surface area contributed by atoms with E-state index >= 15 is 0 Å². The van der Waals surface area contributed by atoms with Crippen molar-refractivity contribution in [1.29, 1.82) is 0 Å². The number of rotatable bonds is 5. The summed E-state index contributed by atoms with van der Waals surface area (Å²) < 4.78 is 10.2. The van der Waals surface area contributed by atoms with Gasteiger partial charge in [-0.2, -0.15) is 10.1 Å². The topological polar surface area (TPSA) is 85.3 Å². The van der Waals surface area contributed by atoms with Crippen molar-refractivity contribution >= 4 is 24.0 Å². The Morgan fingerprint density at radius 3 is 2.52 bits per heavy atom. The zero-order valence-corrected chi connectivity index (χ0v) is 15.1. The minimum absolute atomic E-state index is 0.160. The number of carbonyl (C=O) groups is 3. The van der Waals surface area contributed by atoms with E-state index in [1.165, 1.54) is 13.3 Å². The van der Waals surface area contributed by atoms with Gasteiger partial charge in [-0.15, -0.1) is 0 Å². The number of hydrogen-bond donors (Lipinski definition) is 0. The van der Waals surface area contributed by atoms with E-state index < -0.39 is 12.1 Å². The molecule has 7 heteroatoms. The molecule has 1 aromatic carbocycles. The minimum Gasteiger partial charge on any atom is -0.479 e. The molecule has 1 aromatic rings. The molecule has 5 atom stereocenters. The molecule has 4 rings (SSSR count). The van der Waals surface area contributed by atoms with Crippen molar-refractivity contribution in [2.24, 2.45) is 28.8 Å². The predicted molar refractivity (Wildman–Crippen MR) is 95.7 cm³/mol. The van der Waals surface area contributed by atoms with Crippen molar-refractivity contribution in [3.8, 4) is 5.75 Å². The van der Waals surface area contributed by atoms with Crippen LogP contribution in [-0.2, 0) is 19.1 Å².